The standard InChI is InChI=1S/C16H21F3N2O2/c17-16(18,19)11-20-13-7-4-8-14(9-13)21-15(22)23-10-12-5-2-1-3-6-12/h1-3,5-6,13-14,20H,4,7-11H2,(H,21,22)/t13-,14+/m0/s1. The highest BCUT2D eigenvalue weighted by molar-refractivity contribution is 5.67. The van der Waals surface area contributed by atoms with Crippen LogP contribution in [0.1, 0.15) is 31.2 Å². The summed E-state index contributed by atoms with van der Waals surface area (Å²) < 4.78 is 41.8. The third kappa shape index (κ3) is 6.90. The van der Waals surface area contributed by atoms with Crippen LogP contribution in [0.15, 0.2) is 30.3 Å². The molecular weight excluding hydrogens is 309 g/mol. The van der Waals surface area contributed by atoms with E-state index >= 15 is 0 Å². The van der Waals surface area contributed by atoms with Crippen molar-refractivity contribution in [3.63, 3.8) is 0 Å². The van der Waals surface area contributed by atoms with Gasteiger partial charge in [-0.2, -0.15) is 13.2 Å². The summed E-state index contributed by atoms with van der Waals surface area (Å²) in [6.07, 6.45) is -2.04. The van der Waals surface area contributed by atoms with Crippen LogP contribution >= 0.6 is 0 Å². The number of ether oxygens (including phenoxy) is 1. The van der Waals surface area contributed by atoms with Crippen molar-refractivity contribution >= 4 is 6.09 Å². The van der Waals surface area contributed by atoms with Gasteiger partial charge in [-0.1, -0.05) is 30.3 Å². The summed E-state index contributed by atoms with van der Waals surface area (Å²) in [7, 11) is 0. The Morgan fingerprint density at radius 1 is 1.17 bits per heavy atom. The lowest BCUT2D eigenvalue weighted by Crippen LogP contribution is -2.46. The number of rotatable bonds is 5. The second-order valence-electron chi connectivity index (χ2n) is 5.76. The minimum atomic E-state index is -4.21. The van der Waals surface area contributed by atoms with Crippen LogP contribution in [-0.2, 0) is 11.3 Å². The van der Waals surface area contributed by atoms with Gasteiger partial charge in [0.25, 0.3) is 0 Å². The van der Waals surface area contributed by atoms with Crippen molar-refractivity contribution < 1.29 is 22.7 Å². The summed E-state index contributed by atoms with van der Waals surface area (Å²) in [5.41, 5.74) is 0.885. The van der Waals surface area contributed by atoms with Crippen LogP contribution in [0.4, 0.5) is 18.0 Å². The Balaban J connectivity index is 1.70. The van der Waals surface area contributed by atoms with Crippen molar-refractivity contribution in [1.82, 2.24) is 10.6 Å². The Morgan fingerprint density at radius 3 is 2.57 bits per heavy atom. The molecule has 0 saturated heterocycles. The number of hydrogen-bond donors (Lipinski definition) is 2. The fourth-order valence-corrected chi connectivity index (χ4v) is 2.70. The molecule has 0 aromatic heterocycles. The van der Waals surface area contributed by atoms with Crippen molar-refractivity contribution in [2.45, 2.75) is 50.6 Å². The van der Waals surface area contributed by atoms with E-state index in [4.69, 9.17) is 4.74 Å². The molecule has 0 bridgehead atoms. The molecule has 1 saturated carbocycles. The largest absolute Gasteiger partial charge is 0.445 e. The molecule has 1 aromatic carbocycles. The second-order valence-corrected chi connectivity index (χ2v) is 5.76. The number of benzene rings is 1. The van der Waals surface area contributed by atoms with Crippen molar-refractivity contribution in [2.24, 2.45) is 0 Å². The Labute approximate surface area is 133 Å². The van der Waals surface area contributed by atoms with Crippen molar-refractivity contribution in [1.29, 1.82) is 0 Å². The van der Waals surface area contributed by atoms with E-state index in [2.05, 4.69) is 10.6 Å². The molecule has 1 aliphatic rings. The molecular formula is C16H21F3N2O2. The first kappa shape index (κ1) is 17.6. The number of carbonyl (C=O) groups is 1. The first-order valence-corrected chi connectivity index (χ1v) is 7.70. The molecule has 1 aliphatic carbocycles. The molecule has 0 spiro atoms. The zero-order chi connectivity index (χ0) is 16.7. The van der Waals surface area contributed by atoms with Gasteiger partial charge in [0.1, 0.15) is 6.61 Å². The summed E-state index contributed by atoms with van der Waals surface area (Å²) in [6.45, 7) is -0.821. The highest BCUT2D eigenvalue weighted by Crippen LogP contribution is 2.20. The molecule has 0 unspecified atom stereocenters. The molecule has 0 aliphatic heterocycles. The molecule has 2 rings (SSSR count). The molecule has 1 aromatic rings. The normalized spacial score (nSPS) is 21.7. The monoisotopic (exact) mass is 330 g/mol. The maximum absolute atomic E-state index is 12.2. The van der Waals surface area contributed by atoms with Gasteiger partial charge < -0.3 is 15.4 Å². The Hall–Kier alpha value is -1.76. The number of nitrogens with one attached hydrogen (secondary N) is 2. The van der Waals surface area contributed by atoms with Crippen LogP contribution in [0.2, 0.25) is 0 Å². The van der Waals surface area contributed by atoms with Gasteiger partial charge in [0.15, 0.2) is 0 Å². The van der Waals surface area contributed by atoms with E-state index in [0.29, 0.717) is 12.8 Å². The molecule has 1 amide bonds. The van der Waals surface area contributed by atoms with Crippen LogP contribution < -0.4 is 10.6 Å². The number of alkyl carbamates (subject to hydrolysis) is 1. The van der Waals surface area contributed by atoms with Gasteiger partial charge in [0.05, 0.1) is 6.54 Å². The van der Waals surface area contributed by atoms with Gasteiger partial charge in [-0.15, -0.1) is 0 Å². The quantitative estimate of drug-likeness (QED) is 0.870. The molecule has 4 nitrogen and oxygen atoms in total. The minimum Gasteiger partial charge on any atom is -0.445 e. The van der Waals surface area contributed by atoms with E-state index in [9.17, 15) is 18.0 Å². The summed E-state index contributed by atoms with van der Waals surface area (Å²) in [5.74, 6) is 0. The third-order valence-corrected chi connectivity index (χ3v) is 3.80. The summed E-state index contributed by atoms with van der Waals surface area (Å²) in [4.78, 5) is 11.8. The van der Waals surface area contributed by atoms with Crippen LogP contribution in [0.25, 0.3) is 0 Å². The smallest absolute Gasteiger partial charge is 0.407 e. The predicted octanol–water partition coefficient (Wildman–Crippen LogP) is 3.38. The van der Waals surface area contributed by atoms with E-state index < -0.39 is 18.8 Å². The fraction of sp³-hybridized carbons (Fsp3) is 0.562. The van der Waals surface area contributed by atoms with Crippen molar-refractivity contribution in [3.05, 3.63) is 35.9 Å². The van der Waals surface area contributed by atoms with E-state index in [1.807, 2.05) is 30.3 Å². The number of amides is 1. The van der Waals surface area contributed by atoms with Crippen LogP contribution in [0.5, 0.6) is 0 Å². The Bertz CT molecular complexity index is 494. The maximum Gasteiger partial charge on any atom is 0.407 e. The molecule has 7 heteroatoms. The minimum absolute atomic E-state index is 0.155. The van der Waals surface area contributed by atoms with Gasteiger partial charge in [0, 0.05) is 12.1 Å². The van der Waals surface area contributed by atoms with Crippen molar-refractivity contribution in [3.8, 4) is 0 Å². The lowest BCUT2D eigenvalue weighted by atomic mass is 9.91. The zero-order valence-electron chi connectivity index (χ0n) is 12.7. The predicted molar refractivity (Wildman–Crippen MR) is 79.9 cm³/mol. The highest BCUT2D eigenvalue weighted by Gasteiger charge is 2.30. The number of hydrogen-bond acceptors (Lipinski definition) is 3. The van der Waals surface area contributed by atoms with E-state index in [-0.39, 0.29) is 18.7 Å². The van der Waals surface area contributed by atoms with Gasteiger partial charge in [-0.05, 0) is 31.2 Å². The van der Waals surface area contributed by atoms with E-state index in [1.165, 1.54) is 0 Å². The highest BCUT2D eigenvalue weighted by atomic mass is 19.4. The lowest BCUT2D eigenvalue weighted by molar-refractivity contribution is -0.126. The zero-order valence-corrected chi connectivity index (χ0v) is 12.7. The second kappa shape index (κ2) is 8.19. The van der Waals surface area contributed by atoms with Gasteiger partial charge >= 0.3 is 12.3 Å². The maximum atomic E-state index is 12.2. The van der Waals surface area contributed by atoms with Gasteiger partial charge in [-0.25, -0.2) is 4.79 Å². The molecule has 0 radical (unpaired) electrons. The third-order valence-electron chi connectivity index (χ3n) is 3.80. The van der Waals surface area contributed by atoms with Crippen LogP contribution in [-0.4, -0.2) is 30.9 Å². The van der Waals surface area contributed by atoms with Crippen LogP contribution in [0.3, 0.4) is 0 Å². The molecule has 0 heterocycles. The average Bonchev–Trinajstić information content (AvgIpc) is 2.52. The van der Waals surface area contributed by atoms with E-state index in [0.717, 1.165) is 18.4 Å². The molecule has 1 fully saturated rings. The molecule has 2 atom stereocenters. The first-order chi connectivity index (χ1) is 10.9. The summed E-state index contributed by atoms with van der Waals surface area (Å²) >= 11 is 0. The van der Waals surface area contributed by atoms with Gasteiger partial charge in [-0.3, -0.25) is 0 Å². The molecule has 128 valence electrons. The average molecular weight is 330 g/mol. The Morgan fingerprint density at radius 2 is 1.87 bits per heavy atom. The van der Waals surface area contributed by atoms with E-state index in [1.54, 1.807) is 0 Å². The topological polar surface area (TPSA) is 50.4 Å². The van der Waals surface area contributed by atoms with Crippen LogP contribution in [0, 0.1) is 0 Å². The first-order valence-electron chi connectivity index (χ1n) is 7.70. The number of halogens is 3. The number of alkyl halides is 3. The van der Waals surface area contributed by atoms with Crippen molar-refractivity contribution in [2.75, 3.05) is 6.54 Å². The lowest BCUT2D eigenvalue weighted by Gasteiger charge is -2.30. The fourth-order valence-electron chi connectivity index (χ4n) is 2.70. The summed E-state index contributed by atoms with van der Waals surface area (Å²) in [5, 5.41) is 5.24. The molecule has 23 heavy (non-hydrogen) atoms. The van der Waals surface area contributed by atoms with Gasteiger partial charge in [0.2, 0.25) is 0 Å². The molecule has 2 N–H and O–H groups in total. The summed E-state index contributed by atoms with van der Waals surface area (Å²) in [6, 6.07) is 8.90. The Kier molecular flexibility index (Phi) is 6.27. The number of carbonyl (C=O) groups excluding carboxylic acids is 1. The SMILES string of the molecule is O=C(N[C@@H]1CCC[C@H](NCC(F)(F)F)C1)OCc1ccccc1.